The molecule has 0 unspecified atom stereocenters. The Hall–Kier alpha value is -2.16. The standard InChI is InChI=1S/C20H21F2N3O2S/c1-12-17(19(26)23-13-6-7-14(21)15(22)9-13)25-8-4-3-5-16(25)18(12)28-24-20(2)10-27-11-20/h3,5-7,9,24H,4,8,10-11H2,1-2H3,(H,23,26). The largest absolute Gasteiger partial charge is 0.377 e. The first-order valence-corrected chi connectivity index (χ1v) is 9.87. The van der Waals surface area contributed by atoms with Crippen LogP contribution in [0.3, 0.4) is 0 Å². The molecule has 1 aromatic heterocycles. The third-order valence-corrected chi connectivity index (χ3v) is 6.23. The van der Waals surface area contributed by atoms with E-state index in [9.17, 15) is 13.6 Å². The summed E-state index contributed by atoms with van der Waals surface area (Å²) >= 11 is 1.50. The van der Waals surface area contributed by atoms with Crippen LogP contribution >= 0.6 is 11.9 Å². The second kappa shape index (κ2) is 7.35. The van der Waals surface area contributed by atoms with Gasteiger partial charge in [0, 0.05) is 18.3 Å². The van der Waals surface area contributed by atoms with Gasteiger partial charge in [0.25, 0.3) is 5.91 Å². The number of amides is 1. The molecule has 8 heteroatoms. The molecule has 2 aliphatic heterocycles. The number of benzene rings is 1. The number of hydrogen-bond acceptors (Lipinski definition) is 4. The second-order valence-electron chi connectivity index (χ2n) is 7.37. The first kappa shape index (κ1) is 19.2. The van der Waals surface area contributed by atoms with Gasteiger partial charge < -0.3 is 14.6 Å². The molecule has 148 valence electrons. The Bertz CT molecular complexity index is 967. The number of hydrogen-bond donors (Lipinski definition) is 2. The van der Waals surface area contributed by atoms with Crippen LogP contribution in [0.4, 0.5) is 14.5 Å². The van der Waals surface area contributed by atoms with Crippen LogP contribution in [0.1, 0.15) is 35.1 Å². The van der Waals surface area contributed by atoms with Crippen molar-refractivity contribution < 1.29 is 18.3 Å². The monoisotopic (exact) mass is 405 g/mol. The topological polar surface area (TPSA) is 55.3 Å². The Morgan fingerprint density at radius 2 is 2.07 bits per heavy atom. The highest BCUT2D eigenvalue weighted by atomic mass is 32.2. The predicted molar refractivity (Wildman–Crippen MR) is 105 cm³/mol. The molecule has 0 spiro atoms. The van der Waals surface area contributed by atoms with E-state index in [4.69, 9.17) is 4.74 Å². The minimum Gasteiger partial charge on any atom is -0.377 e. The van der Waals surface area contributed by atoms with Crippen molar-refractivity contribution in [1.29, 1.82) is 0 Å². The number of allylic oxidation sites excluding steroid dienone is 1. The van der Waals surface area contributed by atoms with Gasteiger partial charge in [0.05, 0.1) is 29.3 Å². The van der Waals surface area contributed by atoms with E-state index in [0.29, 0.717) is 25.5 Å². The van der Waals surface area contributed by atoms with Gasteiger partial charge in [-0.15, -0.1) is 0 Å². The molecule has 2 N–H and O–H groups in total. The highest BCUT2D eigenvalue weighted by molar-refractivity contribution is 7.97. The molecule has 0 radical (unpaired) electrons. The molecule has 4 rings (SSSR count). The molecule has 1 aromatic carbocycles. The van der Waals surface area contributed by atoms with Gasteiger partial charge in [0.15, 0.2) is 11.6 Å². The van der Waals surface area contributed by atoms with Crippen molar-refractivity contribution >= 4 is 29.6 Å². The van der Waals surface area contributed by atoms with Gasteiger partial charge in [-0.1, -0.05) is 6.08 Å². The molecule has 0 atom stereocenters. The minimum absolute atomic E-state index is 0.0850. The van der Waals surface area contributed by atoms with E-state index in [-0.39, 0.29) is 17.1 Å². The maximum absolute atomic E-state index is 13.5. The number of ether oxygens (including phenoxy) is 1. The molecule has 5 nitrogen and oxygen atoms in total. The number of rotatable bonds is 5. The Balaban J connectivity index is 1.63. The molecule has 2 aliphatic rings. The van der Waals surface area contributed by atoms with E-state index < -0.39 is 11.6 Å². The fraction of sp³-hybridized carbons (Fsp3) is 0.350. The zero-order chi connectivity index (χ0) is 19.9. The second-order valence-corrected chi connectivity index (χ2v) is 8.19. The summed E-state index contributed by atoms with van der Waals surface area (Å²) in [5, 5.41) is 2.69. The number of nitrogens with one attached hydrogen (secondary N) is 2. The van der Waals surface area contributed by atoms with E-state index in [0.717, 1.165) is 34.7 Å². The third kappa shape index (κ3) is 3.47. The van der Waals surface area contributed by atoms with Crippen LogP contribution in [0.2, 0.25) is 0 Å². The number of anilines is 1. The van der Waals surface area contributed by atoms with E-state index in [2.05, 4.69) is 23.0 Å². The molecular formula is C20H21F2N3O2S. The van der Waals surface area contributed by atoms with Gasteiger partial charge in [-0.25, -0.2) is 13.5 Å². The summed E-state index contributed by atoms with van der Waals surface area (Å²) in [6.07, 6.45) is 4.94. The predicted octanol–water partition coefficient (Wildman–Crippen LogP) is 4.13. The van der Waals surface area contributed by atoms with E-state index in [1.165, 1.54) is 18.0 Å². The van der Waals surface area contributed by atoms with E-state index in [1.54, 1.807) is 0 Å². The van der Waals surface area contributed by atoms with E-state index >= 15 is 0 Å². The van der Waals surface area contributed by atoms with Crippen LogP contribution in [0.5, 0.6) is 0 Å². The molecule has 28 heavy (non-hydrogen) atoms. The summed E-state index contributed by atoms with van der Waals surface area (Å²) < 4.78 is 37.3. The van der Waals surface area contributed by atoms with Crippen LogP contribution < -0.4 is 10.0 Å². The lowest BCUT2D eigenvalue weighted by atomic mass is 10.0. The average molecular weight is 405 g/mol. The lowest BCUT2D eigenvalue weighted by molar-refractivity contribution is -0.0510. The summed E-state index contributed by atoms with van der Waals surface area (Å²) in [6.45, 7) is 5.98. The first-order chi connectivity index (χ1) is 13.4. The summed E-state index contributed by atoms with van der Waals surface area (Å²) in [7, 11) is 0. The fourth-order valence-corrected chi connectivity index (χ4v) is 4.37. The zero-order valence-electron chi connectivity index (χ0n) is 15.6. The number of halogens is 2. The Morgan fingerprint density at radius 3 is 2.75 bits per heavy atom. The van der Waals surface area contributed by atoms with Crippen molar-refractivity contribution in [2.75, 3.05) is 18.5 Å². The fourth-order valence-electron chi connectivity index (χ4n) is 3.37. The Labute approximate surface area is 166 Å². The molecule has 0 bridgehead atoms. The van der Waals surface area contributed by atoms with Gasteiger partial charge in [-0.05, 0) is 56.0 Å². The quantitative estimate of drug-likeness (QED) is 0.735. The van der Waals surface area contributed by atoms with Crippen molar-refractivity contribution in [3.05, 3.63) is 52.9 Å². The van der Waals surface area contributed by atoms with Crippen molar-refractivity contribution in [2.45, 2.75) is 37.2 Å². The van der Waals surface area contributed by atoms with Crippen molar-refractivity contribution in [2.24, 2.45) is 0 Å². The van der Waals surface area contributed by atoms with Crippen LogP contribution in [-0.4, -0.2) is 29.2 Å². The maximum Gasteiger partial charge on any atom is 0.272 e. The van der Waals surface area contributed by atoms with Crippen LogP contribution in [0, 0.1) is 18.6 Å². The number of aromatic nitrogens is 1. The lowest BCUT2D eigenvalue weighted by Crippen LogP contribution is -2.55. The van der Waals surface area contributed by atoms with E-state index in [1.807, 2.05) is 17.6 Å². The number of carbonyl (C=O) groups is 1. The Kier molecular flexibility index (Phi) is 5.03. The summed E-state index contributed by atoms with van der Waals surface area (Å²) in [5.74, 6) is -2.28. The number of carbonyl (C=O) groups excluding carboxylic acids is 1. The van der Waals surface area contributed by atoms with Crippen LogP contribution in [0.15, 0.2) is 29.2 Å². The molecule has 0 aliphatic carbocycles. The van der Waals surface area contributed by atoms with Crippen molar-refractivity contribution in [3.8, 4) is 0 Å². The van der Waals surface area contributed by atoms with Gasteiger partial charge in [0.1, 0.15) is 5.69 Å². The zero-order valence-corrected chi connectivity index (χ0v) is 16.5. The molecule has 3 heterocycles. The average Bonchev–Trinajstić information content (AvgIpc) is 2.93. The smallest absolute Gasteiger partial charge is 0.272 e. The van der Waals surface area contributed by atoms with Gasteiger partial charge >= 0.3 is 0 Å². The SMILES string of the molecule is Cc1c(SNC2(C)COC2)c2n(c1C(=O)Nc1ccc(F)c(F)c1)CCC=C2. The third-order valence-electron chi connectivity index (χ3n) is 4.92. The highest BCUT2D eigenvalue weighted by Gasteiger charge is 2.34. The van der Waals surface area contributed by atoms with Gasteiger partial charge in [-0.3, -0.25) is 4.79 Å². The summed E-state index contributed by atoms with van der Waals surface area (Å²) in [4.78, 5) is 13.9. The van der Waals surface area contributed by atoms with Crippen molar-refractivity contribution in [3.63, 3.8) is 0 Å². The molecule has 1 amide bonds. The molecule has 2 aromatic rings. The first-order valence-electron chi connectivity index (χ1n) is 9.06. The normalized spacial score (nSPS) is 17.1. The molecular weight excluding hydrogens is 384 g/mol. The van der Waals surface area contributed by atoms with Gasteiger partial charge in [0.2, 0.25) is 0 Å². The maximum atomic E-state index is 13.5. The minimum atomic E-state index is -0.994. The van der Waals surface area contributed by atoms with Gasteiger partial charge in [-0.2, -0.15) is 0 Å². The van der Waals surface area contributed by atoms with Crippen LogP contribution in [0.25, 0.3) is 6.08 Å². The lowest BCUT2D eigenvalue weighted by Gasteiger charge is -2.38. The number of fused-ring (bicyclic) bond motifs is 1. The number of nitrogens with zero attached hydrogens (tertiary/aromatic N) is 1. The molecule has 1 fully saturated rings. The highest BCUT2D eigenvalue weighted by Crippen LogP contribution is 2.35. The Morgan fingerprint density at radius 1 is 1.29 bits per heavy atom. The summed E-state index contributed by atoms with van der Waals surface area (Å²) in [6, 6.07) is 3.33. The summed E-state index contributed by atoms with van der Waals surface area (Å²) in [5.41, 5.74) is 2.49. The van der Waals surface area contributed by atoms with Crippen LogP contribution in [-0.2, 0) is 11.3 Å². The van der Waals surface area contributed by atoms with Crippen molar-refractivity contribution in [1.82, 2.24) is 9.29 Å². The molecule has 0 saturated carbocycles. The molecule has 1 saturated heterocycles.